The van der Waals surface area contributed by atoms with Crippen LogP contribution in [0.2, 0.25) is 0 Å². The first-order chi connectivity index (χ1) is 12.3. The Labute approximate surface area is 148 Å². The lowest BCUT2D eigenvalue weighted by Gasteiger charge is -2.27. The van der Waals surface area contributed by atoms with Crippen molar-refractivity contribution >= 4 is 11.5 Å². The molecule has 0 saturated heterocycles. The summed E-state index contributed by atoms with van der Waals surface area (Å²) in [4.78, 5) is 17.7. The molecule has 0 aliphatic carbocycles. The normalized spacial score (nSPS) is 14.9. The summed E-state index contributed by atoms with van der Waals surface area (Å²) in [6, 6.07) is 8.84. The van der Waals surface area contributed by atoms with Crippen LogP contribution in [0.1, 0.15) is 33.7 Å². The third kappa shape index (κ3) is 3.71. The van der Waals surface area contributed by atoms with Crippen LogP contribution in [0, 0.1) is 6.92 Å². The molecule has 136 valence electrons. The van der Waals surface area contributed by atoms with Crippen molar-refractivity contribution in [1.82, 2.24) is 9.88 Å². The van der Waals surface area contributed by atoms with E-state index in [1.54, 1.807) is 17.0 Å². The molecule has 4 nitrogen and oxygen atoms in total. The van der Waals surface area contributed by atoms with Crippen molar-refractivity contribution in [1.29, 1.82) is 0 Å². The van der Waals surface area contributed by atoms with Gasteiger partial charge in [-0.2, -0.15) is 13.2 Å². The average molecular weight is 362 g/mol. The number of carbonyl (C=O) groups is 1. The molecule has 0 fully saturated rings. The molecule has 7 heteroatoms. The molecule has 0 unspecified atom stereocenters. The molecule has 1 aromatic carbocycles. The minimum atomic E-state index is -4.53. The van der Waals surface area contributed by atoms with Gasteiger partial charge in [0.1, 0.15) is 11.4 Å². The maximum atomic E-state index is 12.7. The van der Waals surface area contributed by atoms with E-state index in [2.05, 4.69) is 4.98 Å². The van der Waals surface area contributed by atoms with Crippen LogP contribution >= 0.6 is 0 Å². The number of phenols is 1. The molecule has 2 aromatic rings. The lowest BCUT2D eigenvalue weighted by atomic mass is 9.99. The molecule has 1 amide bonds. The second-order valence-electron chi connectivity index (χ2n) is 6.10. The van der Waals surface area contributed by atoms with Crippen LogP contribution in [0.5, 0.6) is 5.75 Å². The highest BCUT2D eigenvalue weighted by atomic mass is 19.4. The van der Waals surface area contributed by atoms with Crippen molar-refractivity contribution in [2.75, 3.05) is 13.1 Å². The van der Waals surface area contributed by atoms with E-state index in [1.807, 2.05) is 18.2 Å². The van der Waals surface area contributed by atoms with Crippen molar-refractivity contribution < 1.29 is 23.1 Å². The lowest BCUT2D eigenvalue weighted by molar-refractivity contribution is -0.141. The Hall–Kier alpha value is -2.83. The van der Waals surface area contributed by atoms with Crippen LogP contribution in [-0.2, 0) is 6.18 Å². The van der Waals surface area contributed by atoms with Gasteiger partial charge in [0.15, 0.2) is 0 Å². The summed E-state index contributed by atoms with van der Waals surface area (Å²) < 4.78 is 38.1. The summed E-state index contributed by atoms with van der Waals surface area (Å²) in [5.41, 5.74) is 1.29. The van der Waals surface area contributed by atoms with Gasteiger partial charge in [-0.1, -0.05) is 18.2 Å². The van der Waals surface area contributed by atoms with E-state index in [1.165, 1.54) is 13.0 Å². The van der Waals surface area contributed by atoms with Gasteiger partial charge in [-0.05, 0) is 48.7 Å². The number of nitrogens with zero attached hydrogens (tertiary/aromatic N) is 2. The number of pyridine rings is 1. The van der Waals surface area contributed by atoms with Gasteiger partial charge in [0.05, 0.1) is 11.3 Å². The predicted molar refractivity (Wildman–Crippen MR) is 90.6 cm³/mol. The molecule has 0 spiro atoms. The van der Waals surface area contributed by atoms with E-state index >= 15 is 0 Å². The topological polar surface area (TPSA) is 53.4 Å². The summed E-state index contributed by atoms with van der Waals surface area (Å²) in [5.74, 6) is -0.142. The second kappa shape index (κ2) is 6.82. The third-order valence-electron chi connectivity index (χ3n) is 4.34. The largest absolute Gasteiger partial charge is 0.508 e. The first kappa shape index (κ1) is 18.0. The molecular weight excluding hydrogens is 345 g/mol. The van der Waals surface area contributed by atoms with E-state index in [-0.39, 0.29) is 22.9 Å². The number of phenolic OH excluding ortho intramolecular Hbond substituents is 1. The number of aryl methyl sites for hydroxylation is 1. The molecule has 1 N–H and O–H groups in total. The molecule has 0 atom stereocenters. The molecular formula is C19H17F3N2O2. The van der Waals surface area contributed by atoms with Gasteiger partial charge in [-0.3, -0.25) is 4.79 Å². The highest BCUT2D eigenvalue weighted by molar-refractivity contribution is 5.95. The van der Waals surface area contributed by atoms with Crippen LogP contribution in [0.4, 0.5) is 13.2 Å². The number of alkyl halides is 3. The monoisotopic (exact) mass is 362 g/mol. The average Bonchev–Trinajstić information content (AvgIpc) is 2.61. The molecule has 1 aliphatic heterocycles. The van der Waals surface area contributed by atoms with Crippen LogP contribution in [0.25, 0.3) is 5.57 Å². The summed E-state index contributed by atoms with van der Waals surface area (Å²) in [6.07, 6.45) is -1.98. The number of hydrogen-bond donors (Lipinski definition) is 1. The van der Waals surface area contributed by atoms with Crippen LogP contribution in [0.3, 0.4) is 0 Å². The zero-order valence-electron chi connectivity index (χ0n) is 14.0. The van der Waals surface area contributed by atoms with Gasteiger partial charge < -0.3 is 10.0 Å². The van der Waals surface area contributed by atoms with Crippen molar-refractivity contribution in [3.05, 3.63) is 65.0 Å². The summed E-state index contributed by atoms with van der Waals surface area (Å²) in [7, 11) is 0. The van der Waals surface area contributed by atoms with E-state index in [9.17, 15) is 23.1 Å². The van der Waals surface area contributed by atoms with E-state index in [0.717, 1.165) is 17.2 Å². The minimum absolute atomic E-state index is 0.0677. The number of amides is 1. The summed E-state index contributed by atoms with van der Waals surface area (Å²) >= 11 is 0. The maximum Gasteiger partial charge on any atom is 0.433 e. The quantitative estimate of drug-likeness (QED) is 0.877. The minimum Gasteiger partial charge on any atom is -0.508 e. The van der Waals surface area contributed by atoms with E-state index < -0.39 is 11.9 Å². The highest BCUT2D eigenvalue weighted by Crippen LogP contribution is 2.29. The summed E-state index contributed by atoms with van der Waals surface area (Å²) in [6.45, 7) is 2.24. The Bertz CT molecular complexity index is 858. The van der Waals surface area contributed by atoms with Crippen molar-refractivity contribution in [3.63, 3.8) is 0 Å². The Kier molecular flexibility index (Phi) is 4.71. The predicted octanol–water partition coefficient (Wildman–Crippen LogP) is 4.04. The first-order valence-electron chi connectivity index (χ1n) is 8.08. The molecule has 0 radical (unpaired) electrons. The molecule has 1 aromatic heterocycles. The maximum absolute atomic E-state index is 12.7. The molecule has 0 bridgehead atoms. The Morgan fingerprint density at radius 1 is 1.15 bits per heavy atom. The molecule has 3 rings (SSSR count). The van der Waals surface area contributed by atoms with Gasteiger partial charge in [0.2, 0.25) is 0 Å². The van der Waals surface area contributed by atoms with Gasteiger partial charge >= 0.3 is 6.18 Å². The smallest absolute Gasteiger partial charge is 0.433 e. The van der Waals surface area contributed by atoms with Crippen LogP contribution in [0.15, 0.2) is 42.5 Å². The second-order valence-corrected chi connectivity index (χ2v) is 6.10. The number of benzene rings is 1. The number of rotatable bonds is 2. The fraction of sp³-hybridized carbons (Fsp3) is 0.263. The number of carbonyl (C=O) groups excluding carboxylic acids is 1. The van der Waals surface area contributed by atoms with Gasteiger partial charge in [-0.15, -0.1) is 0 Å². The van der Waals surface area contributed by atoms with Crippen molar-refractivity contribution in [2.24, 2.45) is 0 Å². The number of aromatic nitrogens is 1. The number of aromatic hydroxyl groups is 1. The SMILES string of the molecule is Cc1nc(C(F)(F)F)ccc1C(=O)N1CC=C(c2ccc(O)cc2)CC1. The molecule has 2 heterocycles. The van der Waals surface area contributed by atoms with Crippen LogP contribution in [-0.4, -0.2) is 34.0 Å². The third-order valence-corrected chi connectivity index (χ3v) is 4.34. The fourth-order valence-electron chi connectivity index (χ4n) is 2.91. The number of halogens is 3. The fourth-order valence-corrected chi connectivity index (χ4v) is 2.91. The lowest BCUT2D eigenvalue weighted by Crippen LogP contribution is -2.35. The first-order valence-corrected chi connectivity index (χ1v) is 8.08. The Balaban J connectivity index is 1.75. The van der Waals surface area contributed by atoms with Gasteiger partial charge in [0.25, 0.3) is 5.91 Å². The zero-order chi connectivity index (χ0) is 18.9. The Morgan fingerprint density at radius 3 is 2.38 bits per heavy atom. The summed E-state index contributed by atoms with van der Waals surface area (Å²) in [5, 5.41) is 9.34. The van der Waals surface area contributed by atoms with E-state index in [0.29, 0.717) is 19.5 Å². The molecule has 0 saturated carbocycles. The van der Waals surface area contributed by atoms with Crippen molar-refractivity contribution in [2.45, 2.75) is 19.5 Å². The highest BCUT2D eigenvalue weighted by Gasteiger charge is 2.33. The van der Waals surface area contributed by atoms with Crippen LogP contribution < -0.4 is 0 Å². The van der Waals surface area contributed by atoms with E-state index in [4.69, 9.17) is 0 Å². The Morgan fingerprint density at radius 2 is 1.85 bits per heavy atom. The molecule has 1 aliphatic rings. The van der Waals surface area contributed by atoms with Crippen molar-refractivity contribution in [3.8, 4) is 5.75 Å². The number of hydrogen-bond acceptors (Lipinski definition) is 3. The molecule has 26 heavy (non-hydrogen) atoms. The van der Waals surface area contributed by atoms with Gasteiger partial charge in [0, 0.05) is 13.1 Å². The van der Waals surface area contributed by atoms with Gasteiger partial charge in [-0.25, -0.2) is 4.98 Å². The standard InChI is InChI=1S/C19H17F3N2O2/c1-12-16(6-7-17(23-12)19(20,21)22)18(26)24-10-8-14(9-11-24)13-2-4-15(25)5-3-13/h2-8,25H,9-11H2,1H3. The zero-order valence-corrected chi connectivity index (χ0v) is 14.0.